The molecular weight excluding hydrogens is 533 g/mol. The van der Waals surface area contributed by atoms with Crippen LogP contribution < -0.4 is 5.73 Å². The third kappa shape index (κ3) is 5.26. The van der Waals surface area contributed by atoms with Gasteiger partial charge >= 0.3 is 6.18 Å². The Morgan fingerprint density at radius 3 is 2.68 bits per heavy atom. The molecule has 9 nitrogen and oxygen atoms in total. The maximum absolute atomic E-state index is 13.0. The molecule has 1 unspecified atom stereocenters. The molecule has 4 aromatic rings. The van der Waals surface area contributed by atoms with E-state index in [0.717, 1.165) is 35.6 Å². The summed E-state index contributed by atoms with van der Waals surface area (Å²) in [5, 5.41) is 5.60. The summed E-state index contributed by atoms with van der Waals surface area (Å²) in [5.41, 5.74) is 10.0. The molecule has 1 aromatic carbocycles. The molecule has 0 aliphatic carbocycles. The zero-order chi connectivity index (χ0) is 28.7. The Labute approximate surface area is 234 Å². The van der Waals surface area contributed by atoms with E-state index >= 15 is 0 Å². The molecule has 0 saturated carbocycles. The van der Waals surface area contributed by atoms with Gasteiger partial charge in [-0.3, -0.25) is 9.69 Å². The van der Waals surface area contributed by atoms with Crippen LogP contribution >= 0.6 is 0 Å². The zero-order valence-corrected chi connectivity index (χ0v) is 22.3. The number of anilines is 1. The minimum atomic E-state index is -4.44. The highest BCUT2D eigenvalue weighted by Crippen LogP contribution is 2.34. The smallest absolute Gasteiger partial charge is 0.383 e. The monoisotopic (exact) mass is 562 g/mol. The number of nitrogens with zero attached hydrogens (tertiary/aromatic N) is 7. The quantitative estimate of drug-likeness (QED) is 0.360. The van der Waals surface area contributed by atoms with Crippen molar-refractivity contribution in [3.05, 3.63) is 77.9 Å². The largest absolute Gasteiger partial charge is 0.433 e. The topological polar surface area (TPSA) is 106 Å². The lowest BCUT2D eigenvalue weighted by Gasteiger charge is -2.32. The van der Waals surface area contributed by atoms with E-state index in [-0.39, 0.29) is 11.9 Å². The summed E-state index contributed by atoms with van der Waals surface area (Å²) in [4.78, 5) is 28.8. The predicted molar refractivity (Wildman–Crippen MR) is 147 cm³/mol. The lowest BCUT2D eigenvalue weighted by molar-refractivity contribution is -0.141. The Hall–Kier alpha value is -4.32. The Morgan fingerprint density at radius 1 is 1.12 bits per heavy atom. The number of alkyl halides is 3. The van der Waals surface area contributed by atoms with Crippen LogP contribution in [0, 0.1) is 0 Å². The van der Waals surface area contributed by atoms with Gasteiger partial charge in [0.25, 0.3) is 0 Å². The first-order chi connectivity index (χ1) is 19.7. The molecule has 5 heterocycles. The minimum absolute atomic E-state index is 0.0545. The molecule has 41 heavy (non-hydrogen) atoms. The molecule has 1 saturated heterocycles. The van der Waals surface area contributed by atoms with E-state index in [1.165, 1.54) is 18.5 Å². The van der Waals surface area contributed by atoms with Crippen molar-refractivity contribution < 1.29 is 18.0 Å². The van der Waals surface area contributed by atoms with Crippen molar-refractivity contribution in [3.63, 3.8) is 0 Å². The van der Waals surface area contributed by atoms with Gasteiger partial charge in [0.2, 0.25) is 5.91 Å². The van der Waals surface area contributed by atoms with Gasteiger partial charge in [0.05, 0.1) is 11.4 Å². The molecule has 0 radical (unpaired) electrons. The van der Waals surface area contributed by atoms with E-state index in [1.54, 1.807) is 4.90 Å². The van der Waals surface area contributed by atoms with Gasteiger partial charge in [0.1, 0.15) is 23.5 Å². The first kappa shape index (κ1) is 26.9. The Balaban J connectivity index is 1.22. The molecule has 0 spiro atoms. The van der Waals surface area contributed by atoms with E-state index in [4.69, 9.17) is 10.8 Å². The second kappa shape index (κ2) is 10.6. The van der Waals surface area contributed by atoms with Crippen molar-refractivity contribution >= 4 is 22.8 Å². The fourth-order valence-corrected chi connectivity index (χ4v) is 5.73. The fraction of sp³-hybridized carbons (Fsp3) is 0.345. The van der Waals surface area contributed by atoms with Crippen molar-refractivity contribution in [1.82, 2.24) is 34.5 Å². The van der Waals surface area contributed by atoms with Crippen LogP contribution in [0.15, 0.2) is 55.4 Å². The van der Waals surface area contributed by atoms with Gasteiger partial charge in [-0.05, 0) is 36.1 Å². The SMILES string of the molecule is C=CC(=O)N1CCCC(n2nc(-c3ccc(CN4CCc5nc(C(F)(F)F)ccc5C4)cc3)c3c(N)ncnc32)C1. The van der Waals surface area contributed by atoms with E-state index in [2.05, 4.69) is 26.4 Å². The van der Waals surface area contributed by atoms with Crippen LogP contribution in [-0.4, -0.2) is 60.1 Å². The van der Waals surface area contributed by atoms with Gasteiger partial charge in [0.15, 0.2) is 5.65 Å². The molecule has 3 aromatic heterocycles. The number of amides is 1. The maximum atomic E-state index is 13.0. The lowest BCUT2D eigenvalue weighted by Crippen LogP contribution is -2.40. The number of nitrogens with two attached hydrogens (primary N) is 1. The number of nitrogen functional groups attached to an aromatic ring is 1. The number of likely N-dealkylation sites (tertiary alicyclic amines) is 1. The van der Waals surface area contributed by atoms with Crippen LogP contribution in [0.3, 0.4) is 0 Å². The fourth-order valence-electron chi connectivity index (χ4n) is 5.73. The second-order valence-electron chi connectivity index (χ2n) is 10.5. The molecule has 1 fully saturated rings. The number of hydrogen-bond donors (Lipinski definition) is 1. The number of hydrogen-bond acceptors (Lipinski definition) is 7. The van der Waals surface area contributed by atoms with E-state index < -0.39 is 11.9 Å². The first-order valence-electron chi connectivity index (χ1n) is 13.5. The molecule has 0 bridgehead atoms. The number of carbonyl (C=O) groups excluding carboxylic acids is 1. The van der Waals surface area contributed by atoms with Crippen molar-refractivity contribution in [2.45, 2.75) is 44.6 Å². The van der Waals surface area contributed by atoms with Crippen LogP contribution in [0.2, 0.25) is 0 Å². The first-order valence-corrected chi connectivity index (χ1v) is 13.5. The maximum Gasteiger partial charge on any atom is 0.433 e. The summed E-state index contributed by atoms with van der Waals surface area (Å²) in [6.45, 7) is 6.61. The van der Waals surface area contributed by atoms with Crippen LogP contribution in [0.5, 0.6) is 0 Å². The van der Waals surface area contributed by atoms with E-state index in [9.17, 15) is 18.0 Å². The van der Waals surface area contributed by atoms with Crippen LogP contribution in [0.4, 0.5) is 19.0 Å². The van der Waals surface area contributed by atoms with Gasteiger partial charge in [0, 0.05) is 50.4 Å². The van der Waals surface area contributed by atoms with Gasteiger partial charge in [-0.25, -0.2) is 19.6 Å². The average molecular weight is 563 g/mol. The number of carbonyl (C=O) groups is 1. The average Bonchev–Trinajstić information content (AvgIpc) is 3.37. The number of pyridine rings is 1. The molecule has 2 N–H and O–H groups in total. The number of rotatable bonds is 5. The third-order valence-corrected chi connectivity index (χ3v) is 7.80. The summed E-state index contributed by atoms with van der Waals surface area (Å²) in [6.07, 6.45) is 0.487. The molecule has 212 valence electrons. The molecular formula is C29H29F3N8O. The van der Waals surface area contributed by atoms with Gasteiger partial charge < -0.3 is 10.6 Å². The normalized spacial score (nSPS) is 17.9. The summed E-state index contributed by atoms with van der Waals surface area (Å²) in [6, 6.07) is 10.5. The Bertz CT molecular complexity index is 1620. The van der Waals surface area contributed by atoms with Crippen LogP contribution in [-0.2, 0) is 30.5 Å². The number of halogens is 3. The Kier molecular flexibility index (Phi) is 6.94. The van der Waals surface area contributed by atoms with Crippen molar-refractivity contribution in [3.8, 4) is 11.3 Å². The zero-order valence-electron chi connectivity index (χ0n) is 22.3. The lowest BCUT2D eigenvalue weighted by atomic mass is 10.0. The highest BCUT2D eigenvalue weighted by Gasteiger charge is 2.33. The van der Waals surface area contributed by atoms with Crippen molar-refractivity contribution in [2.75, 3.05) is 25.4 Å². The number of aromatic nitrogens is 5. The standard InChI is InChI=1S/C29H29F3N8O/c1-2-24(41)39-12-3-4-21(16-39)40-28-25(27(33)34-17-35-28)26(37-40)19-7-5-18(6-8-19)14-38-13-11-22-20(15-38)9-10-23(36-22)29(30,31)32/h2,5-10,17,21H,1,3-4,11-16H2,(H2,33,34,35). The van der Waals surface area contributed by atoms with E-state index in [0.29, 0.717) is 67.4 Å². The molecule has 2 aliphatic rings. The van der Waals surface area contributed by atoms with Crippen molar-refractivity contribution in [2.24, 2.45) is 0 Å². The van der Waals surface area contributed by atoms with Crippen LogP contribution in [0.25, 0.3) is 22.3 Å². The Morgan fingerprint density at radius 2 is 1.93 bits per heavy atom. The highest BCUT2D eigenvalue weighted by molar-refractivity contribution is 5.98. The number of benzene rings is 1. The number of fused-ring (bicyclic) bond motifs is 2. The van der Waals surface area contributed by atoms with Crippen molar-refractivity contribution in [1.29, 1.82) is 0 Å². The minimum Gasteiger partial charge on any atom is -0.383 e. The molecule has 6 rings (SSSR count). The summed E-state index contributed by atoms with van der Waals surface area (Å²) in [7, 11) is 0. The van der Waals surface area contributed by atoms with Crippen LogP contribution in [0.1, 0.15) is 41.4 Å². The third-order valence-electron chi connectivity index (χ3n) is 7.80. The summed E-state index contributed by atoms with van der Waals surface area (Å²) in [5.74, 6) is 0.236. The highest BCUT2D eigenvalue weighted by atomic mass is 19.4. The molecule has 12 heteroatoms. The summed E-state index contributed by atoms with van der Waals surface area (Å²) >= 11 is 0. The van der Waals surface area contributed by atoms with Gasteiger partial charge in [-0.15, -0.1) is 0 Å². The van der Waals surface area contributed by atoms with Gasteiger partial charge in [-0.1, -0.05) is 36.9 Å². The predicted octanol–water partition coefficient (Wildman–Crippen LogP) is 4.40. The second-order valence-corrected chi connectivity index (χ2v) is 10.5. The molecule has 1 atom stereocenters. The summed E-state index contributed by atoms with van der Waals surface area (Å²) < 4.78 is 41.0. The van der Waals surface area contributed by atoms with E-state index in [1.807, 2.05) is 28.9 Å². The number of piperidine rings is 1. The van der Waals surface area contributed by atoms with Gasteiger partial charge in [-0.2, -0.15) is 18.3 Å². The molecule has 2 aliphatic heterocycles. The molecule has 1 amide bonds.